The van der Waals surface area contributed by atoms with Gasteiger partial charge < -0.3 is 15.4 Å². The summed E-state index contributed by atoms with van der Waals surface area (Å²) in [6.45, 7) is 6.33. The van der Waals surface area contributed by atoms with Gasteiger partial charge in [-0.3, -0.25) is 0 Å². The van der Waals surface area contributed by atoms with E-state index in [1.165, 1.54) is 25.1 Å². The molecule has 18 heavy (non-hydrogen) atoms. The average molecular weight is 269 g/mol. The number of nitrogens with zero attached hydrogens (tertiary/aromatic N) is 2. The maximum absolute atomic E-state index is 11.8. The third-order valence-electron chi connectivity index (χ3n) is 3.25. The fourth-order valence-corrected chi connectivity index (χ4v) is 3.45. The fraction of sp³-hybridized carbons (Fsp3) is 0.667. The quantitative estimate of drug-likeness (QED) is 0.832. The summed E-state index contributed by atoms with van der Waals surface area (Å²) in [5, 5.41) is 0.845. The van der Waals surface area contributed by atoms with Crippen LogP contribution in [0, 0.1) is 11.8 Å². The number of methoxy groups -OCH3 is 1. The Bertz CT molecular complexity index is 437. The minimum Gasteiger partial charge on any atom is -0.465 e. The molecule has 0 bridgehead atoms. The summed E-state index contributed by atoms with van der Waals surface area (Å²) in [5.41, 5.74) is 6.19. The molecular formula is C12H19N3O2S. The van der Waals surface area contributed by atoms with Gasteiger partial charge in [0.15, 0.2) is 5.82 Å². The predicted octanol–water partition coefficient (Wildman–Crippen LogP) is 1.99. The number of piperidine rings is 1. The zero-order chi connectivity index (χ0) is 13.3. The minimum absolute atomic E-state index is 0.271. The Labute approximate surface area is 111 Å². The van der Waals surface area contributed by atoms with E-state index in [0.717, 1.165) is 18.1 Å². The van der Waals surface area contributed by atoms with Crippen molar-refractivity contribution in [3.63, 3.8) is 0 Å². The Morgan fingerprint density at radius 3 is 2.61 bits per heavy atom. The number of anilines is 2. The number of hydrogen-bond donors (Lipinski definition) is 1. The molecule has 0 saturated carbocycles. The first-order chi connectivity index (χ1) is 8.52. The molecule has 1 aliphatic rings. The van der Waals surface area contributed by atoms with Crippen molar-refractivity contribution < 1.29 is 9.53 Å². The Morgan fingerprint density at radius 1 is 1.44 bits per heavy atom. The normalized spacial score (nSPS) is 24.1. The van der Waals surface area contributed by atoms with Gasteiger partial charge in [-0.1, -0.05) is 13.8 Å². The maximum atomic E-state index is 11.8. The van der Waals surface area contributed by atoms with Crippen molar-refractivity contribution in [2.45, 2.75) is 20.3 Å². The lowest BCUT2D eigenvalue weighted by Gasteiger charge is -2.35. The van der Waals surface area contributed by atoms with E-state index in [1.54, 1.807) is 0 Å². The first-order valence-corrected chi connectivity index (χ1v) is 6.88. The zero-order valence-corrected chi connectivity index (χ0v) is 11.8. The van der Waals surface area contributed by atoms with Crippen LogP contribution in [0.4, 0.5) is 10.8 Å². The minimum atomic E-state index is -0.401. The van der Waals surface area contributed by atoms with E-state index in [1.807, 2.05) is 0 Å². The Morgan fingerprint density at radius 2 is 2.06 bits per heavy atom. The highest BCUT2D eigenvalue weighted by Gasteiger charge is 2.29. The van der Waals surface area contributed by atoms with Crippen LogP contribution in [0.3, 0.4) is 0 Å². The molecule has 0 amide bonds. The summed E-state index contributed by atoms with van der Waals surface area (Å²) >= 11 is 1.28. The number of ether oxygens (including phenoxy) is 1. The van der Waals surface area contributed by atoms with Gasteiger partial charge in [0.2, 0.25) is 0 Å². The van der Waals surface area contributed by atoms with Gasteiger partial charge in [0.1, 0.15) is 10.6 Å². The first kappa shape index (κ1) is 13.1. The van der Waals surface area contributed by atoms with Gasteiger partial charge in [-0.2, -0.15) is 4.37 Å². The third kappa shape index (κ3) is 2.43. The van der Waals surface area contributed by atoms with Crippen LogP contribution in [0.15, 0.2) is 0 Å². The molecule has 1 fully saturated rings. The summed E-state index contributed by atoms with van der Waals surface area (Å²) in [6.07, 6.45) is 1.22. The van der Waals surface area contributed by atoms with E-state index >= 15 is 0 Å². The molecule has 100 valence electrons. The van der Waals surface area contributed by atoms with Crippen LogP contribution in [0.2, 0.25) is 0 Å². The molecular weight excluding hydrogens is 250 g/mol. The van der Waals surface area contributed by atoms with Crippen molar-refractivity contribution in [3.8, 4) is 0 Å². The van der Waals surface area contributed by atoms with Crippen molar-refractivity contribution in [1.29, 1.82) is 0 Å². The highest BCUT2D eigenvalue weighted by atomic mass is 32.1. The number of carbonyl (C=O) groups excluding carboxylic acids is 1. The van der Waals surface area contributed by atoms with Gasteiger partial charge in [0.25, 0.3) is 0 Å². The first-order valence-electron chi connectivity index (χ1n) is 6.11. The molecule has 0 aliphatic carbocycles. The molecule has 2 unspecified atom stereocenters. The second kappa shape index (κ2) is 5.14. The van der Waals surface area contributed by atoms with E-state index < -0.39 is 5.97 Å². The summed E-state index contributed by atoms with van der Waals surface area (Å²) in [7, 11) is 1.37. The standard InChI is InChI=1S/C12H19N3O2S/c1-7-4-8(2)6-15(5-7)11-9(12(16)17-3)10(13)14-18-11/h7-8H,4-6H2,1-3H3,(H2,13,14). The van der Waals surface area contributed by atoms with Crippen LogP contribution in [-0.2, 0) is 4.74 Å². The van der Waals surface area contributed by atoms with Gasteiger partial charge in [0.05, 0.1) is 7.11 Å². The number of aromatic nitrogens is 1. The number of hydrogen-bond acceptors (Lipinski definition) is 6. The number of nitrogens with two attached hydrogens (primary N) is 1. The maximum Gasteiger partial charge on any atom is 0.344 e. The molecule has 1 saturated heterocycles. The largest absolute Gasteiger partial charge is 0.465 e. The smallest absolute Gasteiger partial charge is 0.344 e. The van der Waals surface area contributed by atoms with E-state index in [0.29, 0.717) is 17.4 Å². The Hall–Kier alpha value is -1.30. The fourth-order valence-electron chi connectivity index (χ4n) is 2.63. The number of nitrogen functional groups attached to an aromatic ring is 1. The molecule has 0 radical (unpaired) electrons. The lowest BCUT2D eigenvalue weighted by molar-refractivity contribution is 0.0602. The van der Waals surface area contributed by atoms with Crippen LogP contribution in [0.25, 0.3) is 0 Å². The van der Waals surface area contributed by atoms with Gasteiger partial charge in [0, 0.05) is 13.1 Å². The molecule has 2 atom stereocenters. The lowest BCUT2D eigenvalue weighted by Crippen LogP contribution is -2.39. The Balaban J connectivity index is 2.30. The third-order valence-corrected chi connectivity index (χ3v) is 4.17. The molecule has 2 N–H and O–H groups in total. The van der Waals surface area contributed by atoms with Gasteiger partial charge in [-0.05, 0) is 29.8 Å². The summed E-state index contributed by atoms with van der Waals surface area (Å²) in [4.78, 5) is 14.0. The van der Waals surface area contributed by atoms with Gasteiger partial charge in [-0.15, -0.1) is 0 Å². The molecule has 2 rings (SSSR count). The zero-order valence-electron chi connectivity index (χ0n) is 11.0. The SMILES string of the molecule is COC(=O)c1c(N)nsc1N1CC(C)CC(C)C1. The lowest BCUT2D eigenvalue weighted by atomic mass is 9.92. The number of esters is 1. The number of carbonyl (C=O) groups is 1. The van der Waals surface area contributed by atoms with Crippen molar-refractivity contribution >= 4 is 28.3 Å². The van der Waals surface area contributed by atoms with Crippen LogP contribution >= 0.6 is 11.5 Å². The van der Waals surface area contributed by atoms with E-state index in [9.17, 15) is 4.79 Å². The second-order valence-corrected chi connectivity index (χ2v) is 5.84. The average Bonchev–Trinajstić information content (AvgIpc) is 2.69. The highest BCUT2D eigenvalue weighted by Crippen LogP contribution is 2.35. The van der Waals surface area contributed by atoms with E-state index in [2.05, 4.69) is 23.1 Å². The van der Waals surface area contributed by atoms with Crippen LogP contribution in [-0.4, -0.2) is 30.5 Å². The van der Waals surface area contributed by atoms with Gasteiger partial charge >= 0.3 is 5.97 Å². The van der Waals surface area contributed by atoms with E-state index in [4.69, 9.17) is 10.5 Å². The summed E-state index contributed by atoms with van der Waals surface area (Å²) in [5.74, 6) is 1.10. The summed E-state index contributed by atoms with van der Waals surface area (Å²) < 4.78 is 8.87. The highest BCUT2D eigenvalue weighted by molar-refractivity contribution is 7.11. The summed E-state index contributed by atoms with van der Waals surface area (Å²) in [6, 6.07) is 0. The van der Waals surface area contributed by atoms with Crippen LogP contribution in [0.1, 0.15) is 30.6 Å². The predicted molar refractivity (Wildman–Crippen MR) is 73.0 cm³/mol. The molecule has 0 aromatic carbocycles. The molecule has 0 spiro atoms. The topological polar surface area (TPSA) is 68.5 Å². The monoisotopic (exact) mass is 269 g/mol. The van der Waals surface area contributed by atoms with E-state index in [-0.39, 0.29) is 5.82 Å². The van der Waals surface area contributed by atoms with Gasteiger partial charge in [-0.25, -0.2) is 4.79 Å². The molecule has 1 aromatic heterocycles. The molecule has 1 aromatic rings. The van der Waals surface area contributed by atoms with Crippen molar-refractivity contribution in [1.82, 2.24) is 4.37 Å². The molecule has 5 nitrogen and oxygen atoms in total. The van der Waals surface area contributed by atoms with Crippen LogP contribution in [0.5, 0.6) is 0 Å². The van der Waals surface area contributed by atoms with Crippen molar-refractivity contribution in [2.75, 3.05) is 30.8 Å². The molecule has 6 heteroatoms. The molecule has 1 aliphatic heterocycles. The number of rotatable bonds is 2. The van der Waals surface area contributed by atoms with Crippen molar-refractivity contribution in [2.24, 2.45) is 11.8 Å². The Kier molecular flexibility index (Phi) is 3.75. The van der Waals surface area contributed by atoms with Crippen LogP contribution < -0.4 is 10.6 Å². The second-order valence-electron chi connectivity index (χ2n) is 5.09. The molecule has 2 heterocycles. The van der Waals surface area contributed by atoms with Crippen molar-refractivity contribution in [3.05, 3.63) is 5.56 Å².